The van der Waals surface area contributed by atoms with Crippen molar-refractivity contribution < 1.29 is 33.5 Å². The number of Topliss-reactive ketones (excluding diaryl/α,β-unsaturated/α-hetero) is 1. The van der Waals surface area contributed by atoms with E-state index in [9.17, 15) is 24.5 Å². The fraction of sp³-hybridized carbons (Fsp3) is 0.462. The summed E-state index contributed by atoms with van der Waals surface area (Å²) in [5, 5.41) is 13.9. The average Bonchev–Trinajstić information content (AvgIpc) is 2.89. The van der Waals surface area contributed by atoms with E-state index in [1.54, 1.807) is 45.0 Å². The molecule has 0 aliphatic heterocycles. The Morgan fingerprint density at radius 2 is 1.85 bits per heavy atom. The molecule has 39 heavy (non-hydrogen) atoms. The number of nitrogens with zero attached hydrogens (tertiary/aromatic N) is 2. The van der Waals surface area contributed by atoms with Crippen molar-refractivity contribution in [3.05, 3.63) is 58.3 Å². The van der Waals surface area contributed by atoms with Crippen molar-refractivity contribution in [1.29, 1.82) is 0 Å². The van der Waals surface area contributed by atoms with Crippen LogP contribution in [0.3, 0.4) is 0 Å². The van der Waals surface area contributed by atoms with Gasteiger partial charge >= 0.3 is 17.7 Å². The van der Waals surface area contributed by atoms with Crippen molar-refractivity contribution in [2.75, 3.05) is 12.4 Å². The molecule has 2 atom stereocenters. The van der Waals surface area contributed by atoms with Crippen molar-refractivity contribution in [2.45, 2.75) is 64.3 Å². The summed E-state index contributed by atoms with van der Waals surface area (Å²) in [6.07, 6.45) is 1.38. The third kappa shape index (κ3) is 11.5. The first-order valence-corrected chi connectivity index (χ1v) is 14.5. The Morgan fingerprint density at radius 3 is 2.46 bits per heavy atom. The van der Waals surface area contributed by atoms with Crippen molar-refractivity contribution in [2.24, 2.45) is 5.92 Å². The van der Waals surface area contributed by atoms with Gasteiger partial charge in [-0.25, -0.2) is 14.6 Å². The van der Waals surface area contributed by atoms with Gasteiger partial charge in [-0.1, -0.05) is 36.8 Å². The van der Waals surface area contributed by atoms with Gasteiger partial charge in [-0.3, -0.25) is 14.9 Å². The highest BCUT2D eigenvalue weighted by Crippen LogP contribution is 2.35. The third-order valence-corrected chi connectivity index (χ3v) is 7.44. The van der Waals surface area contributed by atoms with Crippen molar-refractivity contribution in [3.63, 3.8) is 0 Å². The Kier molecular flexibility index (Phi) is 12.5. The summed E-state index contributed by atoms with van der Waals surface area (Å²) in [5.41, 5.74) is -0.269. The first-order chi connectivity index (χ1) is 18.4. The van der Waals surface area contributed by atoms with E-state index in [4.69, 9.17) is 14.2 Å². The number of esters is 1. The van der Waals surface area contributed by atoms with Gasteiger partial charge in [0.1, 0.15) is 30.6 Å². The van der Waals surface area contributed by atoms with Crippen LogP contribution in [0.1, 0.15) is 46.6 Å². The second kappa shape index (κ2) is 15.3. The predicted octanol–water partition coefficient (Wildman–Crippen LogP) is 5.36. The number of nitrogens with one attached hydrogen (secondary N) is 1. The number of hydrogen-bond donors (Lipinski definition) is 1. The Balaban J connectivity index is 1.98. The van der Waals surface area contributed by atoms with Gasteiger partial charge in [-0.2, -0.15) is 0 Å². The molecular weight excluding hydrogens is 546 g/mol. The van der Waals surface area contributed by atoms with Crippen molar-refractivity contribution in [3.8, 4) is 5.75 Å². The predicted molar refractivity (Wildman–Crippen MR) is 149 cm³/mol. The number of amides is 1. The highest BCUT2D eigenvalue weighted by atomic mass is 33.1. The standard InChI is InChI=1S/C26H33N3O8S2/c1-6-17(2)22(30)15-35-19-11-9-18(10-12-19)14-36-24(31)20(28-25(32)37-26(3,4)5)16-38-39-23-21(29(33)34)8-7-13-27-23/h7-13,17,20H,6,14-16H2,1-5H3,(H,28,32). The van der Waals surface area contributed by atoms with Crippen LogP contribution in [0.2, 0.25) is 0 Å². The second-order valence-electron chi connectivity index (χ2n) is 9.47. The van der Waals surface area contributed by atoms with Gasteiger partial charge in [0.05, 0.1) is 4.92 Å². The van der Waals surface area contributed by atoms with E-state index in [1.807, 2.05) is 13.8 Å². The molecular formula is C26H33N3O8S2. The van der Waals surface area contributed by atoms with Crippen LogP contribution in [0.4, 0.5) is 10.5 Å². The molecule has 11 nitrogen and oxygen atoms in total. The molecule has 0 saturated heterocycles. The first kappa shape index (κ1) is 31.9. The van der Waals surface area contributed by atoms with E-state index in [0.29, 0.717) is 11.3 Å². The molecule has 2 aromatic rings. The van der Waals surface area contributed by atoms with Crippen LogP contribution in [0, 0.1) is 16.0 Å². The lowest BCUT2D eigenvalue weighted by Crippen LogP contribution is -2.45. The minimum absolute atomic E-state index is 0.0152. The van der Waals surface area contributed by atoms with Gasteiger partial charge < -0.3 is 19.5 Å². The van der Waals surface area contributed by atoms with Crippen LogP contribution in [0.5, 0.6) is 5.75 Å². The van der Waals surface area contributed by atoms with Crippen molar-refractivity contribution >= 4 is 45.1 Å². The number of ether oxygens (including phenoxy) is 3. The molecule has 0 saturated carbocycles. The van der Waals surface area contributed by atoms with Gasteiger partial charge in [-0.15, -0.1) is 0 Å². The maximum absolute atomic E-state index is 12.9. The minimum atomic E-state index is -1.09. The number of hydrogen-bond acceptors (Lipinski definition) is 11. The van der Waals surface area contributed by atoms with Crippen molar-refractivity contribution in [1.82, 2.24) is 10.3 Å². The number of ketones is 1. The third-order valence-electron chi connectivity index (χ3n) is 5.14. The molecule has 0 bridgehead atoms. The Hall–Kier alpha value is -3.32. The second-order valence-corrected chi connectivity index (χ2v) is 11.8. The SMILES string of the molecule is CCC(C)C(=O)COc1ccc(COC(=O)C(CSSc2ncccc2[N+](=O)[O-])NC(=O)OC(C)(C)C)cc1. The van der Waals surface area contributed by atoms with Crippen LogP contribution in [-0.4, -0.2) is 51.8 Å². The number of alkyl carbamates (subject to hydrolysis) is 1. The fourth-order valence-corrected chi connectivity index (χ4v) is 5.02. The number of carbonyl (C=O) groups is 3. The van der Waals surface area contributed by atoms with Crippen LogP contribution < -0.4 is 10.1 Å². The van der Waals surface area contributed by atoms with E-state index in [2.05, 4.69) is 10.3 Å². The largest absolute Gasteiger partial charge is 0.486 e. The summed E-state index contributed by atoms with van der Waals surface area (Å²) in [4.78, 5) is 51.9. The van der Waals surface area contributed by atoms with Crippen LogP contribution in [-0.2, 0) is 25.7 Å². The quantitative estimate of drug-likeness (QED) is 0.133. The molecule has 1 heterocycles. The highest BCUT2D eigenvalue weighted by molar-refractivity contribution is 8.76. The molecule has 1 amide bonds. The van der Waals surface area contributed by atoms with Crippen LogP contribution >= 0.6 is 21.6 Å². The number of benzene rings is 1. The lowest BCUT2D eigenvalue weighted by Gasteiger charge is -2.22. The smallest absolute Gasteiger partial charge is 0.408 e. The Morgan fingerprint density at radius 1 is 1.15 bits per heavy atom. The zero-order chi connectivity index (χ0) is 29.0. The van der Waals surface area contributed by atoms with E-state index in [-0.39, 0.29) is 41.4 Å². The number of rotatable bonds is 14. The van der Waals surface area contributed by atoms with E-state index < -0.39 is 28.6 Å². The molecule has 1 N–H and O–H groups in total. The molecule has 0 fully saturated rings. The summed E-state index contributed by atoms with van der Waals surface area (Å²) in [5.74, 6) is -0.200. The highest BCUT2D eigenvalue weighted by Gasteiger charge is 2.27. The number of aromatic nitrogens is 1. The molecule has 0 radical (unpaired) electrons. The molecule has 13 heteroatoms. The number of carbonyl (C=O) groups excluding carboxylic acids is 3. The molecule has 212 valence electrons. The van der Waals surface area contributed by atoms with Crippen LogP contribution in [0.15, 0.2) is 47.6 Å². The zero-order valence-electron chi connectivity index (χ0n) is 22.5. The Bertz CT molecular complexity index is 1140. The van der Waals surface area contributed by atoms with Gasteiger partial charge in [-0.05, 0) is 61.7 Å². The summed E-state index contributed by atoms with van der Waals surface area (Å²) in [6, 6.07) is 8.47. The minimum Gasteiger partial charge on any atom is -0.486 e. The Labute approximate surface area is 235 Å². The normalized spacial score (nSPS) is 12.6. The molecule has 0 aliphatic carbocycles. The maximum atomic E-state index is 12.9. The van der Waals surface area contributed by atoms with Gasteiger partial charge in [0.15, 0.2) is 10.8 Å². The number of nitro groups is 1. The molecule has 1 aromatic heterocycles. The lowest BCUT2D eigenvalue weighted by atomic mass is 10.0. The van der Waals surface area contributed by atoms with E-state index in [0.717, 1.165) is 28.0 Å². The lowest BCUT2D eigenvalue weighted by molar-refractivity contribution is -0.388. The average molecular weight is 580 g/mol. The topological polar surface area (TPSA) is 147 Å². The number of pyridine rings is 1. The summed E-state index contributed by atoms with van der Waals surface area (Å²) in [7, 11) is 2.12. The van der Waals surface area contributed by atoms with E-state index >= 15 is 0 Å². The first-order valence-electron chi connectivity index (χ1n) is 12.2. The molecule has 1 aromatic carbocycles. The van der Waals surface area contributed by atoms with E-state index in [1.165, 1.54) is 18.3 Å². The van der Waals surface area contributed by atoms with Gasteiger partial charge in [0, 0.05) is 23.9 Å². The monoisotopic (exact) mass is 579 g/mol. The van der Waals surface area contributed by atoms with Gasteiger partial charge in [0.25, 0.3) is 0 Å². The fourth-order valence-electron chi connectivity index (χ4n) is 2.82. The van der Waals surface area contributed by atoms with Gasteiger partial charge in [0.2, 0.25) is 0 Å². The molecule has 2 rings (SSSR count). The summed E-state index contributed by atoms with van der Waals surface area (Å²) in [6.45, 7) is 8.79. The molecule has 2 unspecified atom stereocenters. The molecule has 0 aliphatic rings. The van der Waals surface area contributed by atoms with Crippen LogP contribution in [0.25, 0.3) is 0 Å². The summed E-state index contributed by atoms with van der Waals surface area (Å²) >= 11 is 0. The molecule has 0 spiro atoms. The maximum Gasteiger partial charge on any atom is 0.408 e. The zero-order valence-corrected chi connectivity index (χ0v) is 24.1. The summed E-state index contributed by atoms with van der Waals surface area (Å²) < 4.78 is 16.2.